The monoisotopic (exact) mass is 370 g/mol. The molecule has 7 nitrogen and oxygen atoms in total. The maximum Gasteiger partial charge on any atom is 0.312 e. The minimum atomic E-state index is -0.712. The third-order valence-corrected chi connectivity index (χ3v) is 4.21. The summed E-state index contributed by atoms with van der Waals surface area (Å²) in [4.78, 5) is 43.3. The molecule has 0 unspecified atom stereocenters. The van der Waals surface area contributed by atoms with E-state index in [4.69, 9.17) is 0 Å². The highest BCUT2D eigenvalue weighted by atomic mass is 19.1. The number of nitrogens with zero attached hydrogens (tertiary/aromatic N) is 3. The van der Waals surface area contributed by atoms with Crippen LogP contribution < -0.4 is 5.32 Å². The Labute approximate surface area is 155 Å². The van der Waals surface area contributed by atoms with Gasteiger partial charge in [-0.25, -0.2) is 4.39 Å². The first kappa shape index (κ1) is 18.5. The lowest BCUT2D eigenvalue weighted by atomic mass is 10.2. The van der Waals surface area contributed by atoms with Gasteiger partial charge in [-0.2, -0.15) is 0 Å². The lowest BCUT2D eigenvalue weighted by Crippen LogP contribution is -2.55. The van der Waals surface area contributed by atoms with Gasteiger partial charge in [0.15, 0.2) is 0 Å². The van der Waals surface area contributed by atoms with Crippen LogP contribution in [0.15, 0.2) is 48.7 Å². The van der Waals surface area contributed by atoms with Crippen LogP contribution in [0.5, 0.6) is 0 Å². The van der Waals surface area contributed by atoms with Gasteiger partial charge >= 0.3 is 11.8 Å². The Bertz CT molecular complexity index is 827. The predicted octanol–water partition coefficient (Wildman–Crippen LogP) is 0.708. The van der Waals surface area contributed by atoms with E-state index in [-0.39, 0.29) is 37.9 Å². The number of amides is 3. The maximum atomic E-state index is 13.0. The molecular formula is C19H19FN4O3. The van der Waals surface area contributed by atoms with E-state index in [2.05, 4.69) is 10.3 Å². The number of benzene rings is 1. The minimum absolute atomic E-state index is 0.179. The molecule has 3 amide bonds. The van der Waals surface area contributed by atoms with Crippen molar-refractivity contribution >= 4 is 17.7 Å². The first-order valence-electron chi connectivity index (χ1n) is 8.52. The number of nitrogens with one attached hydrogen (secondary N) is 1. The fourth-order valence-electron chi connectivity index (χ4n) is 2.75. The molecule has 1 aliphatic rings. The summed E-state index contributed by atoms with van der Waals surface area (Å²) in [5.74, 6) is -2.09. The van der Waals surface area contributed by atoms with Crippen molar-refractivity contribution in [2.24, 2.45) is 0 Å². The van der Waals surface area contributed by atoms with Gasteiger partial charge in [-0.1, -0.05) is 18.2 Å². The van der Waals surface area contributed by atoms with Crippen molar-refractivity contribution in [2.45, 2.75) is 13.1 Å². The molecule has 27 heavy (non-hydrogen) atoms. The van der Waals surface area contributed by atoms with Gasteiger partial charge in [0.05, 0.1) is 12.2 Å². The Kier molecular flexibility index (Phi) is 5.75. The van der Waals surface area contributed by atoms with Gasteiger partial charge in [0.25, 0.3) is 0 Å². The molecule has 140 valence electrons. The molecule has 1 aromatic carbocycles. The van der Waals surface area contributed by atoms with Crippen molar-refractivity contribution in [1.82, 2.24) is 20.1 Å². The van der Waals surface area contributed by atoms with Crippen LogP contribution in [-0.4, -0.2) is 52.1 Å². The smallest absolute Gasteiger partial charge is 0.312 e. The molecule has 2 heterocycles. The van der Waals surface area contributed by atoms with Crippen LogP contribution in [-0.2, 0) is 27.5 Å². The van der Waals surface area contributed by atoms with Gasteiger partial charge in [-0.15, -0.1) is 0 Å². The molecule has 0 saturated carbocycles. The number of hydrogen-bond donors (Lipinski definition) is 1. The summed E-state index contributed by atoms with van der Waals surface area (Å²) in [6.07, 6.45) is 1.63. The van der Waals surface area contributed by atoms with E-state index in [0.29, 0.717) is 12.2 Å². The fraction of sp³-hybridized carbons (Fsp3) is 0.263. The van der Waals surface area contributed by atoms with Gasteiger partial charge < -0.3 is 15.1 Å². The molecule has 1 N–H and O–H groups in total. The largest absolute Gasteiger partial charge is 0.349 e. The van der Waals surface area contributed by atoms with E-state index >= 15 is 0 Å². The zero-order valence-electron chi connectivity index (χ0n) is 14.6. The molecule has 0 bridgehead atoms. The maximum absolute atomic E-state index is 13.0. The van der Waals surface area contributed by atoms with Crippen molar-refractivity contribution in [3.05, 3.63) is 65.7 Å². The molecule has 1 saturated heterocycles. The Morgan fingerprint density at radius 2 is 1.74 bits per heavy atom. The van der Waals surface area contributed by atoms with Crippen LogP contribution in [0, 0.1) is 5.82 Å². The van der Waals surface area contributed by atoms with Gasteiger partial charge in [-0.05, 0) is 29.8 Å². The van der Waals surface area contributed by atoms with E-state index in [1.807, 2.05) is 6.07 Å². The van der Waals surface area contributed by atoms with Crippen molar-refractivity contribution in [2.75, 3.05) is 19.6 Å². The predicted molar refractivity (Wildman–Crippen MR) is 94.5 cm³/mol. The molecule has 0 radical (unpaired) electrons. The average molecular weight is 370 g/mol. The zero-order valence-corrected chi connectivity index (χ0v) is 14.6. The van der Waals surface area contributed by atoms with Crippen LogP contribution in [0.4, 0.5) is 4.39 Å². The van der Waals surface area contributed by atoms with E-state index in [1.165, 1.54) is 21.9 Å². The SMILES string of the molecule is O=C(CN1CCN(Cc2ccc(F)cc2)C(=O)C1=O)NCc1ccccn1. The summed E-state index contributed by atoms with van der Waals surface area (Å²) in [5.41, 5.74) is 1.44. The summed E-state index contributed by atoms with van der Waals surface area (Å²) < 4.78 is 13.0. The van der Waals surface area contributed by atoms with Crippen LogP contribution in [0.3, 0.4) is 0 Å². The van der Waals surface area contributed by atoms with Crippen molar-refractivity contribution in [3.8, 4) is 0 Å². The number of carbonyl (C=O) groups excluding carboxylic acids is 3. The summed E-state index contributed by atoms with van der Waals surface area (Å²) in [5, 5.41) is 2.68. The molecule has 1 aliphatic heterocycles. The molecule has 2 aromatic rings. The number of pyridine rings is 1. The number of hydrogen-bond acceptors (Lipinski definition) is 4. The van der Waals surface area contributed by atoms with Crippen molar-refractivity contribution in [3.63, 3.8) is 0 Å². The second-order valence-corrected chi connectivity index (χ2v) is 6.18. The number of halogens is 1. The Balaban J connectivity index is 1.51. The van der Waals surface area contributed by atoms with Crippen LogP contribution in [0.1, 0.15) is 11.3 Å². The quantitative estimate of drug-likeness (QED) is 0.759. The van der Waals surface area contributed by atoms with Gasteiger partial charge in [-0.3, -0.25) is 19.4 Å². The molecular weight excluding hydrogens is 351 g/mol. The third kappa shape index (κ3) is 4.87. The molecule has 8 heteroatoms. The number of carbonyl (C=O) groups is 3. The topological polar surface area (TPSA) is 82.6 Å². The summed E-state index contributed by atoms with van der Waals surface area (Å²) in [6.45, 7) is 0.886. The normalized spacial score (nSPS) is 14.4. The van der Waals surface area contributed by atoms with Gasteiger partial charge in [0.1, 0.15) is 12.4 Å². The zero-order chi connectivity index (χ0) is 19.2. The highest BCUT2D eigenvalue weighted by molar-refractivity contribution is 6.35. The third-order valence-electron chi connectivity index (χ3n) is 4.21. The van der Waals surface area contributed by atoms with Crippen LogP contribution >= 0.6 is 0 Å². The van der Waals surface area contributed by atoms with Gasteiger partial charge in [0.2, 0.25) is 5.91 Å². The Morgan fingerprint density at radius 1 is 1.04 bits per heavy atom. The molecule has 0 atom stereocenters. The molecule has 0 aliphatic carbocycles. The van der Waals surface area contributed by atoms with Gasteiger partial charge in [0, 0.05) is 25.8 Å². The Hall–Kier alpha value is -3.29. The van der Waals surface area contributed by atoms with Crippen LogP contribution in [0.2, 0.25) is 0 Å². The van der Waals surface area contributed by atoms with Crippen molar-refractivity contribution in [1.29, 1.82) is 0 Å². The first-order chi connectivity index (χ1) is 13.0. The lowest BCUT2D eigenvalue weighted by molar-refractivity contribution is -0.157. The molecule has 1 fully saturated rings. The number of aromatic nitrogens is 1. The van der Waals surface area contributed by atoms with Crippen molar-refractivity contribution < 1.29 is 18.8 Å². The molecule has 3 rings (SSSR count). The van der Waals surface area contributed by atoms with E-state index < -0.39 is 11.8 Å². The summed E-state index contributed by atoms with van der Waals surface area (Å²) in [7, 11) is 0. The molecule has 1 aromatic heterocycles. The summed E-state index contributed by atoms with van der Waals surface area (Å²) in [6, 6.07) is 11.1. The number of rotatable bonds is 6. The summed E-state index contributed by atoms with van der Waals surface area (Å²) >= 11 is 0. The van der Waals surface area contributed by atoms with E-state index in [1.54, 1.807) is 30.5 Å². The van der Waals surface area contributed by atoms with E-state index in [0.717, 1.165) is 5.56 Å². The minimum Gasteiger partial charge on any atom is -0.349 e. The highest BCUT2D eigenvalue weighted by Crippen LogP contribution is 2.11. The highest BCUT2D eigenvalue weighted by Gasteiger charge is 2.33. The fourth-order valence-corrected chi connectivity index (χ4v) is 2.75. The number of piperazine rings is 1. The van der Waals surface area contributed by atoms with E-state index in [9.17, 15) is 18.8 Å². The Morgan fingerprint density at radius 3 is 2.44 bits per heavy atom. The molecule has 0 spiro atoms. The van der Waals surface area contributed by atoms with Crippen LogP contribution in [0.25, 0.3) is 0 Å². The lowest BCUT2D eigenvalue weighted by Gasteiger charge is -2.33. The second kappa shape index (κ2) is 8.39. The average Bonchev–Trinajstić information content (AvgIpc) is 2.68. The second-order valence-electron chi connectivity index (χ2n) is 6.18. The first-order valence-corrected chi connectivity index (χ1v) is 8.52. The standard InChI is InChI=1S/C19H19FN4O3/c20-15-6-4-14(5-7-15)12-23-9-10-24(19(27)18(23)26)13-17(25)22-11-16-3-1-2-8-21-16/h1-8H,9-13H2,(H,22,25).